The molecule has 0 saturated heterocycles. The summed E-state index contributed by atoms with van der Waals surface area (Å²) in [6, 6.07) is 0. The van der Waals surface area contributed by atoms with Gasteiger partial charge in [0.05, 0.1) is 12.0 Å². The van der Waals surface area contributed by atoms with Crippen LogP contribution in [0.5, 0.6) is 0 Å². The molecule has 3 aliphatic rings. The molecule has 2 saturated carbocycles. The van der Waals surface area contributed by atoms with Gasteiger partial charge in [-0.25, -0.2) is 0 Å². The fraction of sp³-hybridized carbons (Fsp3) is 0.769. The Kier molecular flexibility index (Phi) is 1.95. The number of esters is 1. The zero-order chi connectivity index (χ0) is 10.5. The average molecular weight is 206 g/mol. The van der Waals surface area contributed by atoms with E-state index in [-0.39, 0.29) is 11.4 Å². The van der Waals surface area contributed by atoms with E-state index in [4.69, 9.17) is 4.74 Å². The lowest BCUT2D eigenvalue weighted by atomic mass is 9.70. The summed E-state index contributed by atoms with van der Waals surface area (Å²) >= 11 is 0. The topological polar surface area (TPSA) is 26.3 Å². The van der Waals surface area contributed by atoms with E-state index in [1.54, 1.807) is 0 Å². The second kappa shape index (κ2) is 3.10. The summed E-state index contributed by atoms with van der Waals surface area (Å²) in [6.45, 7) is 2.43. The minimum atomic E-state index is -0.116. The molecule has 4 atom stereocenters. The molecule has 4 unspecified atom stereocenters. The van der Waals surface area contributed by atoms with Crippen molar-refractivity contribution >= 4 is 5.97 Å². The molecule has 0 aromatic carbocycles. The highest BCUT2D eigenvalue weighted by Crippen LogP contribution is 2.64. The molecule has 0 amide bonds. The van der Waals surface area contributed by atoms with E-state index < -0.39 is 0 Å². The maximum absolute atomic E-state index is 12.2. The van der Waals surface area contributed by atoms with Gasteiger partial charge in [0.25, 0.3) is 0 Å². The number of rotatable bonds is 2. The van der Waals surface area contributed by atoms with E-state index in [1.165, 1.54) is 19.3 Å². The van der Waals surface area contributed by atoms with Gasteiger partial charge < -0.3 is 4.74 Å². The van der Waals surface area contributed by atoms with E-state index >= 15 is 0 Å². The molecular weight excluding hydrogens is 188 g/mol. The molecule has 2 fully saturated rings. The lowest BCUT2D eigenvalue weighted by molar-refractivity contribution is -0.159. The van der Waals surface area contributed by atoms with Crippen molar-refractivity contribution in [2.75, 3.05) is 6.61 Å². The molecule has 2 heteroatoms. The predicted octanol–water partition coefficient (Wildman–Crippen LogP) is 2.54. The zero-order valence-electron chi connectivity index (χ0n) is 9.24. The first kappa shape index (κ1) is 9.44. The first-order chi connectivity index (χ1) is 7.29. The van der Waals surface area contributed by atoms with Crippen LogP contribution in [0, 0.1) is 23.2 Å². The minimum absolute atomic E-state index is 0.0874. The summed E-state index contributed by atoms with van der Waals surface area (Å²) in [4.78, 5) is 12.2. The third-order valence-electron chi connectivity index (χ3n) is 4.72. The maximum atomic E-state index is 12.2. The van der Waals surface area contributed by atoms with Crippen LogP contribution in [0.1, 0.15) is 32.6 Å². The van der Waals surface area contributed by atoms with Gasteiger partial charge in [-0.15, -0.1) is 0 Å². The minimum Gasteiger partial charge on any atom is -0.466 e. The molecule has 82 valence electrons. The first-order valence-electron chi connectivity index (χ1n) is 6.14. The normalized spacial score (nSPS) is 45.8. The van der Waals surface area contributed by atoms with Gasteiger partial charge in [-0.2, -0.15) is 0 Å². The van der Waals surface area contributed by atoms with Crippen LogP contribution in [0.15, 0.2) is 12.2 Å². The number of carbonyl (C=O) groups excluding carboxylic acids is 1. The molecule has 0 aromatic heterocycles. The zero-order valence-corrected chi connectivity index (χ0v) is 9.24. The van der Waals surface area contributed by atoms with E-state index in [0.29, 0.717) is 24.4 Å². The number of carbonyl (C=O) groups is 1. The summed E-state index contributed by atoms with van der Waals surface area (Å²) in [5.41, 5.74) is -0.116. The Labute approximate surface area is 90.7 Å². The Morgan fingerprint density at radius 2 is 2.40 bits per heavy atom. The monoisotopic (exact) mass is 206 g/mol. The van der Waals surface area contributed by atoms with Gasteiger partial charge in [-0.1, -0.05) is 18.6 Å². The highest BCUT2D eigenvalue weighted by atomic mass is 16.5. The molecule has 2 nitrogen and oxygen atoms in total. The standard InChI is InChI=1S/C13H18O2/c1-2-15-12(14)13-7-3-4-11(13)9-5-6-10(13)8-9/h5-6,9-11H,2-4,7-8H2,1H3. The molecule has 0 aromatic rings. The first-order valence-corrected chi connectivity index (χ1v) is 6.14. The van der Waals surface area contributed by atoms with Gasteiger partial charge in [0.1, 0.15) is 0 Å². The Hall–Kier alpha value is -0.790. The highest BCUT2D eigenvalue weighted by Gasteiger charge is 2.62. The van der Waals surface area contributed by atoms with Crippen LogP contribution < -0.4 is 0 Å². The molecule has 0 spiro atoms. The summed E-state index contributed by atoms with van der Waals surface area (Å²) in [5.74, 6) is 1.83. The number of hydrogen-bond donors (Lipinski definition) is 0. The molecule has 2 bridgehead atoms. The number of ether oxygens (including phenoxy) is 1. The van der Waals surface area contributed by atoms with E-state index in [2.05, 4.69) is 12.2 Å². The van der Waals surface area contributed by atoms with E-state index in [9.17, 15) is 4.79 Å². The van der Waals surface area contributed by atoms with Crippen LogP contribution in [-0.4, -0.2) is 12.6 Å². The van der Waals surface area contributed by atoms with Crippen molar-refractivity contribution in [3.63, 3.8) is 0 Å². The molecule has 0 radical (unpaired) electrons. The summed E-state index contributed by atoms with van der Waals surface area (Å²) in [7, 11) is 0. The summed E-state index contributed by atoms with van der Waals surface area (Å²) in [6.07, 6.45) is 9.29. The van der Waals surface area contributed by atoms with Gasteiger partial charge in [-0.3, -0.25) is 4.79 Å². The predicted molar refractivity (Wildman–Crippen MR) is 57.1 cm³/mol. The second-order valence-electron chi connectivity index (χ2n) is 5.15. The van der Waals surface area contributed by atoms with Crippen molar-refractivity contribution in [1.82, 2.24) is 0 Å². The van der Waals surface area contributed by atoms with Crippen LogP contribution >= 0.6 is 0 Å². The van der Waals surface area contributed by atoms with Crippen molar-refractivity contribution in [3.05, 3.63) is 12.2 Å². The van der Waals surface area contributed by atoms with Gasteiger partial charge in [0.2, 0.25) is 0 Å². The number of allylic oxidation sites excluding steroid dienone is 2. The summed E-state index contributed by atoms with van der Waals surface area (Å²) in [5, 5.41) is 0. The molecular formula is C13H18O2. The quantitative estimate of drug-likeness (QED) is 0.512. The Morgan fingerprint density at radius 3 is 3.20 bits per heavy atom. The van der Waals surface area contributed by atoms with Crippen LogP contribution in [0.25, 0.3) is 0 Å². The third-order valence-corrected chi connectivity index (χ3v) is 4.72. The second-order valence-corrected chi connectivity index (χ2v) is 5.15. The van der Waals surface area contributed by atoms with Crippen LogP contribution in [0.2, 0.25) is 0 Å². The smallest absolute Gasteiger partial charge is 0.312 e. The van der Waals surface area contributed by atoms with Gasteiger partial charge in [0.15, 0.2) is 0 Å². The fourth-order valence-corrected chi connectivity index (χ4v) is 4.19. The highest BCUT2D eigenvalue weighted by molar-refractivity contribution is 5.79. The Morgan fingerprint density at radius 1 is 1.53 bits per heavy atom. The Balaban J connectivity index is 1.95. The van der Waals surface area contributed by atoms with Crippen molar-refractivity contribution in [3.8, 4) is 0 Å². The van der Waals surface area contributed by atoms with E-state index in [0.717, 1.165) is 6.42 Å². The molecule has 15 heavy (non-hydrogen) atoms. The molecule has 0 aliphatic heterocycles. The maximum Gasteiger partial charge on any atom is 0.312 e. The summed E-state index contributed by atoms with van der Waals surface area (Å²) < 4.78 is 5.31. The molecule has 3 aliphatic carbocycles. The van der Waals surface area contributed by atoms with Crippen molar-refractivity contribution < 1.29 is 9.53 Å². The largest absolute Gasteiger partial charge is 0.466 e. The lowest BCUT2D eigenvalue weighted by Crippen LogP contribution is -2.39. The molecule has 3 rings (SSSR count). The Bertz CT molecular complexity index is 320. The van der Waals surface area contributed by atoms with Crippen LogP contribution in [0.3, 0.4) is 0 Å². The fourth-order valence-electron chi connectivity index (χ4n) is 4.19. The van der Waals surface area contributed by atoms with Crippen molar-refractivity contribution in [2.45, 2.75) is 32.6 Å². The van der Waals surface area contributed by atoms with Crippen molar-refractivity contribution in [1.29, 1.82) is 0 Å². The lowest BCUT2D eigenvalue weighted by Gasteiger charge is -2.34. The third kappa shape index (κ3) is 1.03. The molecule has 0 heterocycles. The average Bonchev–Trinajstić information content (AvgIpc) is 2.90. The SMILES string of the molecule is CCOC(=O)C12CCCC1C1C=CC2C1. The van der Waals surface area contributed by atoms with Crippen LogP contribution in [-0.2, 0) is 9.53 Å². The number of hydrogen-bond acceptors (Lipinski definition) is 2. The van der Waals surface area contributed by atoms with Gasteiger partial charge >= 0.3 is 5.97 Å². The van der Waals surface area contributed by atoms with Crippen molar-refractivity contribution in [2.24, 2.45) is 23.2 Å². The van der Waals surface area contributed by atoms with Crippen LogP contribution in [0.4, 0.5) is 0 Å². The van der Waals surface area contributed by atoms with E-state index in [1.807, 2.05) is 6.92 Å². The molecule has 0 N–H and O–H groups in total. The van der Waals surface area contributed by atoms with Gasteiger partial charge in [0, 0.05) is 0 Å². The number of fused-ring (bicyclic) bond motifs is 5. The van der Waals surface area contributed by atoms with Gasteiger partial charge in [-0.05, 0) is 43.9 Å².